The van der Waals surface area contributed by atoms with Crippen LogP contribution in [0, 0.1) is 0 Å². The maximum absolute atomic E-state index is 6.34. The first kappa shape index (κ1) is 19.9. The number of halogens is 1. The van der Waals surface area contributed by atoms with Crippen LogP contribution in [0.2, 0.25) is 5.02 Å². The average Bonchev–Trinajstić information content (AvgIpc) is 3.03. The zero-order valence-electron chi connectivity index (χ0n) is 17.4. The molecule has 0 saturated heterocycles. The quantitative estimate of drug-likeness (QED) is 0.760. The molecule has 1 unspecified atom stereocenters. The third-order valence-corrected chi connectivity index (χ3v) is 7.22. The Hall–Kier alpha value is -1.43. The second-order valence-corrected chi connectivity index (χ2v) is 9.06. The molecule has 1 aromatic heterocycles. The number of hydrogen-bond donors (Lipinski definition) is 0. The SMILES string of the molecule is CCC1(OC)CCC(c2nnc3n2-c2ccc(Cl)cc2CC(N(C)C)C3)CC1. The van der Waals surface area contributed by atoms with Gasteiger partial charge in [-0.3, -0.25) is 4.57 Å². The Morgan fingerprint density at radius 2 is 1.96 bits per heavy atom. The first-order valence-corrected chi connectivity index (χ1v) is 10.8. The summed E-state index contributed by atoms with van der Waals surface area (Å²) in [5.41, 5.74) is 2.52. The van der Waals surface area contributed by atoms with Crippen LogP contribution < -0.4 is 0 Å². The van der Waals surface area contributed by atoms with Crippen molar-refractivity contribution >= 4 is 11.6 Å². The molecule has 4 rings (SSSR count). The molecule has 6 heteroatoms. The van der Waals surface area contributed by atoms with E-state index in [1.807, 2.05) is 13.2 Å². The van der Waals surface area contributed by atoms with Crippen molar-refractivity contribution in [2.75, 3.05) is 21.2 Å². The third kappa shape index (κ3) is 3.49. The number of ether oxygens (including phenoxy) is 1. The second-order valence-electron chi connectivity index (χ2n) is 8.62. The molecule has 152 valence electrons. The van der Waals surface area contributed by atoms with Gasteiger partial charge in [-0.25, -0.2) is 0 Å². The van der Waals surface area contributed by atoms with Gasteiger partial charge in [0, 0.05) is 30.5 Å². The van der Waals surface area contributed by atoms with Crippen molar-refractivity contribution in [3.05, 3.63) is 40.4 Å². The van der Waals surface area contributed by atoms with Gasteiger partial charge in [-0.05, 0) is 76.4 Å². The molecule has 2 aromatic rings. The molecule has 1 fully saturated rings. The van der Waals surface area contributed by atoms with E-state index in [9.17, 15) is 0 Å². The van der Waals surface area contributed by atoms with Crippen molar-refractivity contribution in [1.82, 2.24) is 19.7 Å². The number of rotatable bonds is 4. The van der Waals surface area contributed by atoms with Gasteiger partial charge in [0.05, 0.1) is 11.3 Å². The summed E-state index contributed by atoms with van der Waals surface area (Å²) in [5, 5.41) is 10.1. The van der Waals surface area contributed by atoms with Crippen molar-refractivity contribution < 1.29 is 4.74 Å². The van der Waals surface area contributed by atoms with Crippen LogP contribution in [0.5, 0.6) is 0 Å². The minimum absolute atomic E-state index is 0.0413. The molecule has 28 heavy (non-hydrogen) atoms. The van der Waals surface area contributed by atoms with Crippen LogP contribution in [0.3, 0.4) is 0 Å². The van der Waals surface area contributed by atoms with Crippen LogP contribution in [0.25, 0.3) is 5.69 Å². The summed E-state index contributed by atoms with van der Waals surface area (Å²) >= 11 is 6.34. The highest BCUT2D eigenvalue weighted by molar-refractivity contribution is 6.30. The van der Waals surface area contributed by atoms with Crippen LogP contribution in [0.15, 0.2) is 18.2 Å². The van der Waals surface area contributed by atoms with Gasteiger partial charge in [0.15, 0.2) is 0 Å². The van der Waals surface area contributed by atoms with Crippen molar-refractivity contribution in [3.63, 3.8) is 0 Å². The van der Waals surface area contributed by atoms with Gasteiger partial charge in [-0.2, -0.15) is 0 Å². The lowest BCUT2D eigenvalue weighted by atomic mass is 9.77. The Bertz CT molecular complexity index is 833. The monoisotopic (exact) mass is 402 g/mol. The zero-order chi connectivity index (χ0) is 19.9. The summed E-state index contributed by atoms with van der Waals surface area (Å²) in [4.78, 5) is 2.28. The molecule has 0 bridgehead atoms. The Morgan fingerprint density at radius 1 is 1.21 bits per heavy atom. The van der Waals surface area contributed by atoms with Crippen molar-refractivity contribution in [1.29, 1.82) is 0 Å². The number of methoxy groups -OCH3 is 1. The van der Waals surface area contributed by atoms with Crippen molar-refractivity contribution in [3.8, 4) is 5.69 Å². The summed E-state index contributed by atoms with van der Waals surface area (Å²) in [6.45, 7) is 2.23. The molecule has 1 aromatic carbocycles. The summed E-state index contributed by atoms with van der Waals surface area (Å²) in [6.07, 6.45) is 7.30. The lowest BCUT2D eigenvalue weighted by Gasteiger charge is -2.38. The van der Waals surface area contributed by atoms with E-state index >= 15 is 0 Å². The Kier molecular flexibility index (Phi) is 5.51. The number of aromatic nitrogens is 3. The van der Waals surface area contributed by atoms with E-state index in [1.165, 1.54) is 11.3 Å². The van der Waals surface area contributed by atoms with Gasteiger partial charge in [-0.15, -0.1) is 10.2 Å². The van der Waals surface area contributed by atoms with Crippen LogP contribution in [-0.2, 0) is 17.6 Å². The van der Waals surface area contributed by atoms with Gasteiger partial charge in [0.1, 0.15) is 11.6 Å². The maximum Gasteiger partial charge on any atom is 0.140 e. The van der Waals surface area contributed by atoms with E-state index in [0.717, 1.165) is 61.6 Å². The first-order valence-electron chi connectivity index (χ1n) is 10.4. The van der Waals surface area contributed by atoms with E-state index in [4.69, 9.17) is 21.4 Å². The maximum atomic E-state index is 6.34. The average molecular weight is 403 g/mol. The molecule has 5 nitrogen and oxygen atoms in total. The normalized spacial score (nSPS) is 27.4. The molecular formula is C22H31ClN4O. The van der Waals surface area contributed by atoms with Gasteiger partial charge >= 0.3 is 0 Å². The number of hydrogen-bond acceptors (Lipinski definition) is 4. The van der Waals surface area contributed by atoms with Crippen LogP contribution in [0.1, 0.15) is 62.2 Å². The molecule has 0 N–H and O–H groups in total. The number of likely N-dealkylation sites (N-methyl/N-ethyl adjacent to an activating group) is 1. The molecule has 1 atom stereocenters. The van der Waals surface area contributed by atoms with E-state index in [0.29, 0.717) is 12.0 Å². The van der Waals surface area contributed by atoms with Gasteiger partial charge in [0.25, 0.3) is 0 Å². The van der Waals surface area contributed by atoms with Gasteiger partial charge in [0.2, 0.25) is 0 Å². The number of fused-ring (bicyclic) bond motifs is 3. The minimum atomic E-state index is 0.0413. The predicted molar refractivity (Wildman–Crippen MR) is 112 cm³/mol. The van der Waals surface area contributed by atoms with Crippen LogP contribution >= 0.6 is 11.6 Å². The fourth-order valence-electron chi connectivity index (χ4n) is 4.93. The highest BCUT2D eigenvalue weighted by Gasteiger charge is 2.37. The third-order valence-electron chi connectivity index (χ3n) is 6.98. The fourth-order valence-corrected chi connectivity index (χ4v) is 5.13. The molecule has 1 saturated carbocycles. The molecule has 2 heterocycles. The molecule has 1 aliphatic carbocycles. The Morgan fingerprint density at radius 3 is 2.61 bits per heavy atom. The summed E-state index contributed by atoms with van der Waals surface area (Å²) in [7, 11) is 6.13. The van der Waals surface area contributed by atoms with Crippen molar-refractivity contribution in [2.45, 2.75) is 69.4 Å². The predicted octanol–water partition coefficient (Wildman–Crippen LogP) is 4.40. The van der Waals surface area contributed by atoms with E-state index in [2.05, 4.69) is 47.7 Å². The smallest absolute Gasteiger partial charge is 0.140 e. The molecule has 0 amide bonds. The molecule has 1 aliphatic heterocycles. The molecule has 2 aliphatic rings. The molecule has 0 radical (unpaired) electrons. The lowest BCUT2D eigenvalue weighted by molar-refractivity contribution is -0.0460. The van der Waals surface area contributed by atoms with Gasteiger partial charge < -0.3 is 9.64 Å². The lowest BCUT2D eigenvalue weighted by Crippen LogP contribution is -2.35. The molecule has 0 spiro atoms. The van der Waals surface area contributed by atoms with Crippen LogP contribution in [-0.4, -0.2) is 52.5 Å². The summed E-state index contributed by atoms with van der Waals surface area (Å²) in [5.74, 6) is 2.60. The zero-order valence-corrected chi connectivity index (χ0v) is 18.2. The largest absolute Gasteiger partial charge is 0.378 e. The Balaban J connectivity index is 1.72. The number of nitrogens with zero attached hydrogens (tertiary/aromatic N) is 4. The second kappa shape index (κ2) is 7.77. The minimum Gasteiger partial charge on any atom is -0.378 e. The highest BCUT2D eigenvalue weighted by atomic mass is 35.5. The summed E-state index contributed by atoms with van der Waals surface area (Å²) in [6, 6.07) is 6.63. The van der Waals surface area contributed by atoms with Crippen molar-refractivity contribution in [2.24, 2.45) is 0 Å². The summed E-state index contributed by atoms with van der Waals surface area (Å²) < 4.78 is 8.20. The highest BCUT2D eigenvalue weighted by Crippen LogP contribution is 2.42. The van der Waals surface area contributed by atoms with E-state index in [1.54, 1.807) is 0 Å². The van der Waals surface area contributed by atoms with E-state index in [-0.39, 0.29) is 5.60 Å². The molecular weight excluding hydrogens is 372 g/mol. The topological polar surface area (TPSA) is 43.2 Å². The number of benzene rings is 1. The van der Waals surface area contributed by atoms with E-state index < -0.39 is 0 Å². The van der Waals surface area contributed by atoms with Gasteiger partial charge in [-0.1, -0.05) is 18.5 Å². The fraction of sp³-hybridized carbons (Fsp3) is 0.636. The first-order chi connectivity index (χ1) is 13.5. The van der Waals surface area contributed by atoms with Crippen LogP contribution in [0.4, 0.5) is 0 Å². The standard InChI is InChI=1S/C22H31ClN4O/c1-5-22(28-4)10-8-15(9-11-22)21-25-24-20-14-18(26(2)3)13-16-12-17(23)6-7-19(16)27(20)21/h6-7,12,15,18H,5,8-11,13-14H2,1-4H3. The Labute approximate surface area is 173 Å².